The molecule has 0 aliphatic carbocycles. The van der Waals surface area contributed by atoms with E-state index in [4.69, 9.17) is 49.0 Å². The molecule has 6 aromatic rings. The van der Waals surface area contributed by atoms with Gasteiger partial charge >= 0.3 is 5.97 Å². The summed E-state index contributed by atoms with van der Waals surface area (Å²) in [5.74, 6) is 0.541. The molecule has 0 aliphatic heterocycles. The number of aromatic nitrogens is 2. The van der Waals surface area contributed by atoms with Crippen LogP contribution in [-0.2, 0) is 28.2 Å². The number of nitrogens with zero attached hydrogens (tertiary/aromatic N) is 2. The number of carbonyl (C=O) groups is 1. The third-order valence-corrected chi connectivity index (χ3v) is 9.17. The van der Waals surface area contributed by atoms with Crippen molar-refractivity contribution in [2.75, 3.05) is 7.11 Å². The summed E-state index contributed by atoms with van der Waals surface area (Å²) >= 11 is 20.4. The van der Waals surface area contributed by atoms with Gasteiger partial charge in [-0.1, -0.05) is 96.3 Å². The van der Waals surface area contributed by atoms with Crippen molar-refractivity contribution in [1.29, 1.82) is 0 Å². The number of esters is 1. The SMILES string of the molecule is COC(=O)CCC(C)(c1ccc(OCc2ccc3ccccc3n2)c(Cl)c1)c1cc(Cl)c(OCc2ccc3ccccc3n2)c(Cl)c1. The van der Waals surface area contributed by atoms with E-state index in [1.54, 1.807) is 0 Å². The molecular formula is C38H31Cl3N2O4. The molecule has 0 amide bonds. The molecule has 0 fully saturated rings. The Morgan fingerprint density at radius 3 is 1.81 bits per heavy atom. The molecule has 0 N–H and O–H groups in total. The van der Waals surface area contributed by atoms with Gasteiger partial charge in [0.05, 0.1) is 44.6 Å². The van der Waals surface area contributed by atoms with Crippen molar-refractivity contribution in [2.24, 2.45) is 0 Å². The van der Waals surface area contributed by atoms with E-state index in [9.17, 15) is 4.79 Å². The normalized spacial score (nSPS) is 12.5. The molecule has 9 heteroatoms. The predicted molar refractivity (Wildman–Crippen MR) is 188 cm³/mol. The second-order valence-electron chi connectivity index (χ2n) is 11.4. The number of carbonyl (C=O) groups excluding carboxylic acids is 1. The lowest BCUT2D eigenvalue weighted by Gasteiger charge is -2.32. The van der Waals surface area contributed by atoms with Crippen LogP contribution >= 0.6 is 34.8 Å². The summed E-state index contributed by atoms with van der Waals surface area (Å²) in [6.45, 7) is 2.46. The molecule has 238 valence electrons. The van der Waals surface area contributed by atoms with Crippen LogP contribution in [-0.4, -0.2) is 23.0 Å². The molecule has 0 saturated carbocycles. The minimum atomic E-state index is -0.720. The van der Waals surface area contributed by atoms with Crippen LogP contribution in [0.2, 0.25) is 15.1 Å². The average Bonchev–Trinajstić information content (AvgIpc) is 3.09. The highest BCUT2D eigenvalue weighted by atomic mass is 35.5. The van der Waals surface area contributed by atoms with Crippen LogP contribution in [0.15, 0.2) is 103 Å². The molecule has 2 aromatic heterocycles. The van der Waals surface area contributed by atoms with Gasteiger partial charge in [0.25, 0.3) is 0 Å². The lowest BCUT2D eigenvalue weighted by Crippen LogP contribution is -2.25. The van der Waals surface area contributed by atoms with E-state index in [0.717, 1.165) is 44.3 Å². The summed E-state index contributed by atoms with van der Waals surface area (Å²) in [4.78, 5) is 21.6. The van der Waals surface area contributed by atoms with Crippen molar-refractivity contribution < 1.29 is 19.0 Å². The highest BCUT2D eigenvalue weighted by molar-refractivity contribution is 6.37. The van der Waals surface area contributed by atoms with Crippen molar-refractivity contribution in [3.8, 4) is 11.5 Å². The monoisotopic (exact) mass is 684 g/mol. The number of para-hydroxylation sites is 2. The number of hydrogen-bond acceptors (Lipinski definition) is 6. The van der Waals surface area contributed by atoms with Crippen LogP contribution in [0.25, 0.3) is 21.8 Å². The van der Waals surface area contributed by atoms with Gasteiger partial charge in [0.2, 0.25) is 0 Å². The first-order valence-corrected chi connectivity index (χ1v) is 16.2. The zero-order chi connectivity index (χ0) is 33.0. The number of methoxy groups -OCH3 is 1. The van der Waals surface area contributed by atoms with Gasteiger partial charge < -0.3 is 14.2 Å². The minimum absolute atomic E-state index is 0.164. The molecule has 1 atom stereocenters. The van der Waals surface area contributed by atoms with Crippen molar-refractivity contribution >= 4 is 62.6 Å². The van der Waals surface area contributed by atoms with E-state index in [2.05, 4.69) is 9.97 Å². The van der Waals surface area contributed by atoms with Gasteiger partial charge in [-0.2, -0.15) is 0 Å². The number of hydrogen-bond donors (Lipinski definition) is 0. The Labute approximate surface area is 288 Å². The van der Waals surface area contributed by atoms with Gasteiger partial charge in [0.1, 0.15) is 19.0 Å². The van der Waals surface area contributed by atoms with Crippen molar-refractivity contribution in [1.82, 2.24) is 9.97 Å². The molecule has 0 radical (unpaired) electrons. The first kappa shape index (κ1) is 32.6. The molecular weight excluding hydrogens is 655 g/mol. The summed E-state index contributed by atoms with van der Waals surface area (Å²) in [6.07, 6.45) is 0.572. The zero-order valence-corrected chi connectivity index (χ0v) is 28.1. The Balaban J connectivity index is 1.24. The Bertz CT molecular complexity index is 2060. The second-order valence-corrected chi connectivity index (χ2v) is 12.6. The first-order chi connectivity index (χ1) is 22.7. The van der Waals surface area contributed by atoms with Gasteiger partial charge in [-0.15, -0.1) is 0 Å². The van der Waals surface area contributed by atoms with E-state index in [0.29, 0.717) is 33.0 Å². The molecule has 0 saturated heterocycles. The molecule has 1 unspecified atom stereocenters. The fraction of sp³-hybridized carbons (Fsp3) is 0.184. The van der Waals surface area contributed by atoms with Crippen LogP contribution in [0.1, 0.15) is 42.3 Å². The molecule has 6 nitrogen and oxygen atoms in total. The summed E-state index contributed by atoms with van der Waals surface area (Å²) in [5.41, 5.74) is 4.23. The highest BCUT2D eigenvalue weighted by Gasteiger charge is 2.32. The lowest BCUT2D eigenvalue weighted by atomic mass is 9.73. The van der Waals surface area contributed by atoms with Crippen LogP contribution in [0.3, 0.4) is 0 Å². The Hall–Kier alpha value is -4.36. The average molecular weight is 686 g/mol. The number of ether oxygens (including phenoxy) is 3. The van der Waals surface area contributed by atoms with Crippen LogP contribution in [0.4, 0.5) is 0 Å². The predicted octanol–water partition coefficient (Wildman–Crippen LogP) is 10.2. The number of halogens is 3. The van der Waals surface area contributed by atoms with E-state index < -0.39 is 5.41 Å². The number of benzene rings is 4. The van der Waals surface area contributed by atoms with Crippen LogP contribution < -0.4 is 9.47 Å². The number of pyridine rings is 2. The largest absolute Gasteiger partial charge is 0.486 e. The molecule has 0 spiro atoms. The van der Waals surface area contributed by atoms with Crippen molar-refractivity contribution in [3.63, 3.8) is 0 Å². The minimum Gasteiger partial charge on any atom is -0.486 e. The van der Waals surface area contributed by atoms with E-state index in [1.807, 2.05) is 110 Å². The van der Waals surface area contributed by atoms with E-state index in [-0.39, 0.29) is 25.6 Å². The van der Waals surface area contributed by atoms with Crippen LogP contribution in [0, 0.1) is 0 Å². The lowest BCUT2D eigenvalue weighted by molar-refractivity contribution is -0.140. The fourth-order valence-corrected chi connectivity index (χ4v) is 6.39. The second kappa shape index (κ2) is 14.2. The van der Waals surface area contributed by atoms with Gasteiger partial charge in [-0.25, -0.2) is 9.97 Å². The van der Waals surface area contributed by atoms with Crippen LogP contribution in [0.5, 0.6) is 11.5 Å². The van der Waals surface area contributed by atoms with E-state index in [1.165, 1.54) is 7.11 Å². The third-order valence-electron chi connectivity index (χ3n) is 8.31. The quantitative estimate of drug-likeness (QED) is 0.126. The standard InChI is InChI=1S/C38H31Cl3N2O4/c1-38(18-17-36(44)45-2,26-13-16-35(30(39)19-26)46-22-28-14-11-24-7-3-5-9-33(24)42-28)27-20-31(40)37(32(41)21-27)47-23-29-15-12-25-8-4-6-10-34(25)43-29/h3-16,19-21H,17-18,22-23H2,1-2H3. The maximum absolute atomic E-state index is 12.3. The molecule has 47 heavy (non-hydrogen) atoms. The molecule has 6 rings (SSSR count). The summed E-state index contributed by atoms with van der Waals surface area (Å²) in [5, 5.41) is 3.21. The number of rotatable bonds is 11. The Morgan fingerprint density at radius 2 is 1.23 bits per heavy atom. The molecule has 0 bridgehead atoms. The molecule has 2 heterocycles. The summed E-state index contributed by atoms with van der Waals surface area (Å²) in [7, 11) is 1.37. The maximum atomic E-state index is 12.3. The molecule has 4 aromatic carbocycles. The third kappa shape index (κ3) is 7.31. The maximum Gasteiger partial charge on any atom is 0.305 e. The zero-order valence-electron chi connectivity index (χ0n) is 25.8. The number of fused-ring (bicyclic) bond motifs is 2. The highest BCUT2D eigenvalue weighted by Crippen LogP contribution is 2.44. The summed E-state index contributed by atoms with van der Waals surface area (Å²) < 4.78 is 17.1. The smallest absolute Gasteiger partial charge is 0.305 e. The van der Waals surface area contributed by atoms with Gasteiger partial charge in [-0.05, 0) is 66.1 Å². The van der Waals surface area contributed by atoms with Gasteiger partial charge in [-0.3, -0.25) is 4.79 Å². The topological polar surface area (TPSA) is 70.5 Å². The first-order valence-electron chi connectivity index (χ1n) is 15.0. The van der Waals surface area contributed by atoms with Gasteiger partial charge in [0, 0.05) is 22.6 Å². The fourth-order valence-electron chi connectivity index (χ4n) is 5.56. The van der Waals surface area contributed by atoms with Crippen molar-refractivity contribution in [3.05, 3.63) is 141 Å². The summed E-state index contributed by atoms with van der Waals surface area (Å²) in [6, 6.07) is 32.9. The van der Waals surface area contributed by atoms with E-state index >= 15 is 0 Å². The van der Waals surface area contributed by atoms with Gasteiger partial charge in [0.15, 0.2) is 5.75 Å². The van der Waals surface area contributed by atoms with Crippen molar-refractivity contribution in [2.45, 2.75) is 38.4 Å². The Kier molecular flexibility index (Phi) is 9.83. The Morgan fingerprint density at radius 1 is 0.681 bits per heavy atom. The molecule has 0 aliphatic rings.